The Morgan fingerprint density at radius 1 is 1.12 bits per heavy atom. The predicted octanol–water partition coefficient (Wildman–Crippen LogP) is 2.09. The number of hydrogen-bond donors (Lipinski definition) is 1. The van der Waals surface area contributed by atoms with Crippen LogP contribution < -0.4 is 10.1 Å². The lowest BCUT2D eigenvalue weighted by Crippen LogP contribution is -2.51. The molecule has 0 radical (unpaired) electrons. The van der Waals surface area contributed by atoms with Gasteiger partial charge in [0, 0.05) is 18.7 Å². The normalized spacial score (nSPS) is 18.2. The molecule has 1 aromatic heterocycles. The molecule has 1 aromatic carbocycles. The van der Waals surface area contributed by atoms with E-state index in [4.69, 9.17) is 9.47 Å². The minimum atomic E-state index is -0.564. The second kappa shape index (κ2) is 9.84. The average Bonchev–Trinajstić information content (AvgIpc) is 3.43. The summed E-state index contributed by atoms with van der Waals surface area (Å²) < 4.78 is 12.3. The zero-order valence-electron chi connectivity index (χ0n) is 18.2. The number of likely N-dealkylation sites (tertiary alicyclic amines) is 1. The largest absolute Gasteiger partial charge is 0.467 e. The quantitative estimate of drug-likeness (QED) is 0.631. The summed E-state index contributed by atoms with van der Waals surface area (Å²) >= 11 is 0. The Kier molecular flexibility index (Phi) is 6.72. The highest BCUT2D eigenvalue weighted by Crippen LogP contribution is 2.23. The highest BCUT2D eigenvalue weighted by Gasteiger charge is 2.35. The molecule has 2 amide bonds. The summed E-state index contributed by atoms with van der Waals surface area (Å²) in [6.07, 6.45) is 4.57. The summed E-state index contributed by atoms with van der Waals surface area (Å²) in [5.41, 5.74) is 0.779. The molecule has 0 spiro atoms. The van der Waals surface area contributed by atoms with Gasteiger partial charge in [0.25, 0.3) is 5.91 Å². The number of carbonyl (C=O) groups is 3. The van der Waals surface area contributed by atoms with Crippen molar-refractivity contribution in [1.29, 1.82) is 0 Å². The van der Waals surface area contributed by atoms with Crippen LogP contribution >= 0.6 is 0 Å². The first kappa shape index (κ1) is 21.9. The molecular weight excluding hydrogens is 412 g/mol. The second-order valence-corrected chi connectivity index (χ2v) is 8.01. The molecule has 1 saturated heterocycles. The van der Waals surface area contributed by atoms with Crippen molar-refractivity contribution in [2.75, 3.05) is 19.8 Å². The van der Waals surface area contributed by atoms with Crippen LogP contribution in [0.5, 0.6) is 5.88 Å². The summed E-state index contributed by atoms with van der Waals surface area (Å²) in [7, 11) is 0. The summed E-state index contributed by atoms with van der Waals surface area (Å²) in [6.45, 7) is 2.21. The monoisotopic (exact) mass is 440 g/mol. The average molecular weight is 441 g/mol. The van der Waals surface area contributed by atoms with Gasteiger partial charge in [-0.05, 0) is 51.2 Å². The zero-order chi connectivity index (χ0) is 22.5. The van der Waals surface area contributed by atoms with Crippen molar-refractivity contribution < 1.29 is 23.9 Å². The van der Waals surface area contributed by atoms with E-state index < -0.39 is 12.0 Å². The minimum Gasteiger partial charge on any atom is -0.467 e. The van der Waals surface area contributed by atoms with Gasteiger partial charge in [0.1, 0.15) is 6.04 Å². The van der Waals surface area contributed by atoms with Gasteiger partial charge < -0.3 is 19.7 Å². The molecule has 1 atom stereocenters. The van der Waals surface area contributed by atoms with Gasteiger partial charge in [-0.15, -0.1) is 0 Å². The molecule has 2 fully saturated rings. The third-order valence-corrected chi connectivity index (χ3v) is 5.83. The lowest BCUT2D eigenvalue weighted by Gasteiger charge is -2.30. The fraction of sp³-hybridized carbons (Fsp3) is 0.478. The van der Waals surface area contributed by atoms with Crippen LogP contribution in [0.1, 0.15) is 49.5 Å². The fourth-order valence-electron chi connectivity index (χ4n) is 3.93. The number of nitrogens with zero attached hydrogens (tertiary/aromatic N) is 3. The van der Waals surface area contributed by atoms with Crippen LogP contribution in [0, 0.1) is 0 Å². The topological polar surface area (TPSA) is 103 Å². The van der Waals surface area contributed by atoms with Crippen LogP contribution in [0.3, 0.4) is 0 Å². The van der Waals surface area contributed by atoms with Gasteiger partial charge in [-0.25, -0.2) is 9.48 Å². The van der Waals surface area contributed by atoms with Crippen LogP contribution in [0.2, 0.25) is 0 Å². The van der Waals surface area contributed by atoms with Crippen molar-refractivity contribution in [2.45, 2.75) is 51.1 Å². The van der Waals surface area contributed by atoms with E-state index in [-0.39, 0.29) is 42.6 Å². The number of aromatic nitrogens is 2. The Morgan fingerprint density at radius 3 is 2.59 bits per heavy atom. The van der Waals surface area contributed by atoms with Crippen LogP contribution in [0.15, 0.2) is 36.4 Å². The number of esters is 1. The molecule has 1 N–H and O–H groups in total. The lowest BCUT2D eigenvalue weighted by molar-refractivity contribution is -0.140. The van der Waals surface area contributed by atoms with Gasteiger partial charge in [0.05, 0.1) is 12.3 Å². The molecule has 4 rings (SSSR count). The smallest absolute Gasteiger partial charge is 0.358 e. The first-order valence-electron chi connectivity index (χ1n) is 11.1. The van der Waals surface area contributed by atoms with E-state index >= 15 is 0 Å². The molecule has 1 unspecified atom stereocenters. The van der Waals surface area contributed by atoms with Crippen LogP contribution in [0.4, 0.5) is 0 Å². The van der Waals surface area contributed by atoms with Gasteiger partial charge in [-0.1, -0.05) is 18.2 Å². The van der Waals surface area contributed by atoms with Crippen LogP contribution in [0.25, 0.3) is 5.69 Å². The molecule has 170 valence electrons. The van der Waals surface area contributed by atoms with Gasteiger partial charge in [-0.3, -0.25) is 9.59 Å². The Bertz CT molecular complexity index is 970. The van der Waals surface area contributed by atoms with Crippen molar-refractivity contribution in [3.63, 3.8) is 0 Å². The third-order valence-electron chi connectivity index (χ3n) is 5.83. The zero-order valence-corrected chi connectivity index (χ0v) is 18.2. The number of ether oxygens (including phenoxy) is 2. The molecule has 32 heavy (non-hydrogen) atoms. The summed E-state index contributed by atoms with van der Waals surface area (Å²) in [5.74, 6) is -0.665. The molecule has 2 aromatic rings. The lowest BCUT2D eigenvalue weighted by atomic mass is 9.93. The number of para-hydroxylation sites is 1. The van der Waals surface area contributed by atoms with Crippen molar-refractivity contribution >= 4 is 17.8 Å². The summed E-state index contributed by atoms with van der Waals surface area (Å²) in [6, 6.07) is 10.4. The highest BCUT2D eigenvalue weighted by molar-refractivity contribution is 5.89. The first-order chi connectivity index (χ1) is 15.6. The maximum Gasteiger partial charge on any atom is 0.358 e. The number of amides is 2. The van der Waals surface area contributed by atoms with Crippen molar-refractivity contribution in [3.05, 3.63) is 42.1 Å². The SMILES string of the molecule is CCOC(=O)c1cc(OCC(=O)N2CCCC2C(=O)NC2CCC2)n(-c2ccccc2)n1. The Balaban J connectivity index is 1.45. The van der Waals surface area contributed by atoms with Gasteiger partial charge in [0.15, 0.2) is 12.3 Å². The fourth-order valence-corrected chi connectivity index (χ4v) is 3.93. The maximum atomic E-state index is 12.9. The van der Waals surface area contributed by atoms with E-state index in [1.165, 1.54) is 10.7 Å². The van der Waals surface area contributed by atoms with Crippen molar-refractivity contribution in [2.24, 2.45) is 0 Å². The summed E-state index contributed by atoms with van der Waals surface area (Å²) in [5, 5.41) is 7.33. The number of hydrogen-bond acceptors (Lipinski definition) is 6. The molecular formula is C23H28N4O5. The first-order valence-corrected chi connectivity index (χ1v) is 11.1. The minimum absolute atomic E-state index is 0.0838. The molecule has 0 bridgehead atoms. The Hall–Kier alpha value is -3.36. The number of nitrogens with one attached hydrogen (secondary N) is 1. The van der Waals surface area contributed by atoms with Crippen molar-refractivity contribution in [3.8, 4) is 11.6 Å². The standard InChI is InChI=1S/C23H28N4O5/c1-2-31-23(30)18-14-21(27(25-18)17-10-4-3-5-11-17)32-15-20(28)26-13-7-12-19(26)22(29)24-16-8-6-9-16/h3-5,10-11,14,16,19H,2,6-9,12-13,15H2,1H3,(H,24,29). The van der Waals surface area contributed by atoms with Crippen LogP contribution in [-0.2, 0) is 14.3 Å². The van der Waals surface area contributed by atoms with Crippen LogP contribution in [-0.4, -0.2) is 64.3 Å². The van der Waals surface area contributed by atoms with E-state index in [2.05, 4.69) is 10.4 Å². The number of carbonyl (C=O) groups excluding carboxylic acids is 3. The molecule has 1 saturated carbocycles. The number of benzene rings is 1. The van der Waals surface area contributed by atoms with E-state index in [1.54, 1.807) is 11.8 Å². The van der Waals surface area contributed by atoms with E-state index in [0.29, 0.717) is 18.7 Å². The Morgan fingerprint density at radius 2 is 1.91 bits per heavy atom. The molecule has 2 aliphatic rings. The predicted molar refractivity (Wildman–Crippen MR) is 116 cm³/mol. The molecule has 9 heteroatoms. The molecule has 2 heterocycles. The van der Waals surface area contributed by atoms with E-state index in [9.17, 15) is 14.4 Å². The number of rotatable bonds is 8. The maximum absolute atomic E-state index is 12.9. The molecule has 1 aliphatic carbocycles. The van der Waals surface area contributed by atoms with Gasteiger partial charge >= 0.3 is 5.97 Å². The molecule has 1 aliphatic heterocycles. The van der Waals surface area contributed by atoms with E-state index in [0.717, 1.165) is 25.7 Å². The van der Waals surface area contributed by atoms with E-state index in [1.807, 2.05) is 30.3 Å². The second-order valence-electron chi connectivity index (χ2n) is 8.01. The third kappa shape index (κ3) is 4.76. The molecule has 9 nitrogen and oxygen atoms in total. The van der Waals surface area contributed by atoms with Gasteiger partial charge in [-0.2, -0.15) is 5.10 Å². The highest BCUT2D eigenvalue weighted by atomic mass is 16.5. The van der Waals surface area contributed by atoms with Gasteiger partial charge in [0.2, 0.25) is 11.8 Å². The van der Waals surface area contributed by atoms with Crippen molar-refractivity contribution in [1.82, 2.24) is 20.0 Å². The Labute approximate surface area is 186 Å². The summed E-state index contributed by atoms with van der Waals surface area (Å²) in [4.78, 5) is 39.2.